The Labute approximate surface area is 236 Å². The van der Waals surface area contributed by atoms with Crippen LogP contribution in [0.3, 0.4) is 0 Å². The van der Waals surface area contributed by atoms with E-state index in [1.807, 2.05) is 13.0 Å². The SMILES string of the molecule is CCC(=O)Nc1cc(Cl)c(C2CCC(N)CC2)c(Cl)c1-c1cn(CC2CCCCC2)c2ccccc12.Cl. The second-order valence-corrected chi connectivity index (χ2v) is 11.5. The van der Waals surface area contributed by atoms with Crippen LogP contribution in [0.15, 0.2) is 36.5 Å². The van der Waals surface area contributed by atoms with Crippen LogP contribution >= 0.6 is 35.6 Å². The molecule has 0 saturated heterocycles. The van der Waals surface area contributed by atoms with E-state index in [4.69, 9.17) is 28.9 Å². The molecule has 0 atom stereocenters. The Morgan fingerprint density at radius 2 is 1.76 bits per heavy atom. The Balaban J connectivity index is 0.00000320. The van der Waals surface area contributed by atoms with E-state index in [1.165, 1.54) is 37.6 Å². The maximum atomic E-state index is 12.5. The lowest BCUT2D eigenvalue weighted by atomic mass is 9.81. The number of anilines is 1. The highest BCUT2D eigenvalue weighted by Crippen LogP contribution is 2.49. The van der Waals surface area contributed by atoms with Gasteiger partial charge in [0.25, 0.3) is 0 Å². The van der Waals surface area contributed by atoms with E-state index in [-0.39, 0.29) is 30.3 Å². The van der Waals surface area contributed by atoms with Gasteiger partial charge in [0.1, 0.15) is 0 Å². The third kappa shape index (κ3) is 5.98. The highest BCUT2D eigenvalue weighted by atomic mass is 35.5. The number of nitrogens with two attached hydrogens (primary N) is 1. The van der Waals surface area contributed by atoms with Gasteiger partial charge in [-0.2, -0.15) is 0 Å². The molecule has 1 amide bonds. The number of fused-ring (bicyclic) bond motifs is 1. The van der Waals surface area contributed by atoms with Gasteiger partial charge in [0.15, 0.2) is 0 Å². The summed E-state index contributed by atoms with van der Waals surface area (Å²) in [7, 11) is 0. The number of aromatic nitrogens is 1. The predicted octanol–water partition coefficient (Wildman–Crippen LogP) is 8.95. The first-order chi connectivity index (χ1) is 17.5. The van der Waals surface area contributed by atoms with E-state index in [9.17, 15) is 4.79 Å². The fraction of sp³-hybridized carbons (Fsp3) is 0.500. The molecule has 7 heteroatoms. The molecule has 1 aromatic heterocycles. The number of benzene rings is 2. The Morgan fingerprint density at radius 3 is 2.46 bits per heavy atom. The standard InChI is InChI=1S/C30H37Cl2N3O.ClH/c1-2-27(36)34-25-16-24(31)28(20-12-14-21(33)15-13-20)30(32)29(25)23-18-35(17-19-8-4-3-5-9-19)26-11-7-6-10-22(23)26;/h6-7,10-11,16,18-21H,2-5,8-9,12-15,17,33H2,1H3,(H,34,36);1H. The van der Waals surface area contributed by atoms with E-state index in [0.29, 0.717) is 28.1 Å². The van der Waals surface area contributed by atoms with E-state index in [2.05, 4.69) is 40.3 Å². The zero-order valence-electron chi connectivity index (χ0n) is 21.6. The summed E-state index contributed by atoms with van der Waals surface area (Å²) in [6, 6.07) is 10.7. The van der Waals surface area contributed by atoms with E-state index < -0.39 is 0 Å². The zero-order chi connectivity index (χ0) is 25.2. The van der Waals surface area contributed by atoms with Gasteiger partial charge in [-0.25, -0.2) is 0 Å². The monoisotopic (exact) mass is 561 g/mol. The third-order valence-electron chi connectivity index (χ3n) is 8.27. The van der Waals surface area contributed by atoms with Crippen molar-refractivity contribution in [3.05, 3.63) is 52.1 Å². The van der Waals surface area contributed by atoms with Crippen LogP contribution in [0.5, 0.6) is 0 Å². The van der Waals surface area contributed by atoms with Gasteiger partial charge < -0.3 is 15.6 Å². The minimum Gasteiger partial charge on any atom is -0.347 e. The number of nitrogens with one attached hydrogen (secondary N) is 1. The van der Waals surface area contributed by atoms with Gasteiger partial charge in [0.05, 0.1) is 10.7 Å². The van der Waals surface area contributed by atoms with Crippen molar-refractivity contribution in [1.29, 1.82) is 0 Å². The minimum absolute atomic E-state index is 0. The van der Waals surface area contributed by atoms with Gasteiger partial charge >= 0.3 is 0 Å². The predicted molar refractivity (Wildman–Crippen MR) is 159 cm³/mol. The van der Waals surface area contributed by atoms with Gasteiger partial charge in [0.2, 0.25) is 5.91 Å². The van der Waals surface area contributed by atoms with E-state index in [1.54, 1.807) is 0 Å². The molecule has 3 N–H and O–H groups in total. The Morgan fingerprint density at radius 1 is 1.05 bits per heavy atom. The first-order valence-corrected chi connectivity index (χ1v) is 14.4. The molecule has 0 spiro atoms. The molecule has 0 unspecified atom stereocenters. The number of amides is 1. The normalized spacial score (nSPS) is 20.5. The van der Waals surface area contributed by atoms with Gasteiger partial charge in [0, 0.05) is 52.3 Å². The number of carbonyl (C=O) groups excluding carboxylic acids is 1. The fourth-order valence-electron chi connectivity index (χ4n) is 6.26. The molecule has 5 rings (SSSR count). The highest BCUT2D eigenvalue weighted by Gasteiger charge is 2.29. The second kappa shape index (κ2) is 12.4. The summed E-state index contributed by atoms with van der Waals surface area (Å²) in [5.74, 6) is 0.921. The average Bonchev–Trinajstić information content (AvgIpc) is 3.23. The van der Waals surface area contributed by atoms with Gasteiger partial charge in [-0.05, 0) is 68.1 Å². The topological polar surface area (TPSA) is 60.1 Å². The number of hydrogen-bond donors (Lipinski definition) is 2. The van der Waals surface area contributed by atoms with Crippen LogP contribution in [-0.4, -0.2) is 16.5 Å². The summed E-state index contributed by atoms with van der Waals surface area (Å²) in [5.41, 5.74) is 11.0. The van der Waals surface area contributed by atoms with Crippen molar-refractivity contribution in [3.8, 4) is 11.1 Å². The van der Waals surface area contributed by atoms with Crippen molar-refractivity contribution in [3.63, 3.8) is 0 Å². The van der Waals surface area contributed by atoms with Crippen molar-refractivity contribution < 1.29 is 4.79 Å². The minimum atomic E-state index is -0.0503. The summed E-state index contributed by atoms with van der Waals surface area (Å²) in [4.78, 5) is 12.5. The summed E-state index contributed by atoms with van der Waals surface area (Å²) < 4.78 is 2.40. The van der Waals surface area contributed by atoms with Crippen LogP contribution < -0.4 is 11.1 Å². The molecule has 3 aromatic rings. The molecule has 2 fully saturated rings. The lowest BCUT2D eigenvalue weighted by Gasteiger charge is -2.29. The third-order valence-corrected chi connectivity index (χ3v) is 8.97. The largest absolute Gasteiger partial charge is 0.347 e. The molecule has 37 heavy (non-hydrogen) atoms. The lowest BCUT2D eigenvalue weighted by Crippen LogP contribution is -2.26. The van der Waals surface area contributed by atoms with Gasteiger partial charge in [-0.15, -0.1) is 12.4 Å². The molecular weight excluding hydrogens is 525 g/mol. The quantitative estimate of drug-likeness (QED) is 0.315. The summed E-state index contributed by atoms with van der Waals surface area (Å²) in [6.07, 6.45) is 13.1. The molecule has 2 aliphatic carbocycles. The molecule has 2 saturated carbocycles. The van der Waals surface area contributed by atoms with Crippen molar-refractivity contribution in [2.45, 2.75) is 89.6 Å². The summed E-state index contributed by atoms with van der Waals surface area (Å²) in [5, 5.41) is 5.54. The van der Waals surface area contributed by atoms with E-state index >= 15 is 0 Å². The molecule has 2 aliphatic rings. The van der Waals surface area contributed by atoms with Crippen LogP contribution in [0.25, 0.3) is 22.0 Å². The fourth-order valence-corrected chi connectivity index (χ4v) is 7.13. The number of halogens is 3. The van der Waals surface area contributed by atoms with Crippen LogP contribution in [0.1, 0.15) is 82.6 Å². The first-order valence-electron chi connectivity index (χ1n) is 13.6. The van der Waals surface area contributed by atoms with Crippen molar-refractivity contribution in [2.24, 2.45) is 11.7 Å². The second-order valence-electron chi connectivity index (χ2n) is 10.7. The van der Waals surface area contributed by atoms with Crippen LogP contribution in [0, 0.1) is 5.92 Å². The highest BCUT2D eigenvalue weighted by molar-refractivity contribution is 6.39. The van der Waals surface area contributed by atoms with Crippen LogP contribution in [0.4, 0.5) is 5.69 Å². The van der Waals surface area contributed by atoms with Crippen molar-refractivity contribution in [1.82, 2.24) is 4.57 Å². The summed E-state index contributed by atoms with van der Waals surface area (Å²) >= 11 is 14.1. The zero-order valence-corrected chi connectivity index (χ0v) is 23.9. The van der Waals surface area contributed by atoms with Gasteiger partial charge in [-0.3, -0.25) is 4.79 Å². The molecule has 0 aliphatic heterocycles. The van der Waals surface area contributed by atoms with E-state index in [0.717, 1.165) is 54.3 Å². The Hall–Kier alpha value is -1.72. The molecule has 200 valence electrons. The van der Waals surface area contributed by atoms with Crippen molar-refractivity contribution in [2.75, 3.05) is 5.32 Å². The Kier molecular flexibility index (Phi) is 9.50. The smallest absolute Gasteiger partial charge is 0.224 e. The number of para-hydroxylation sites is 1. The van der Waals surface area contributed by atoms with Crippen LogP contribution in [-0.2, 0) is 11.3 Å². The summed E-state index contributed by atoms with van der Waals surface area (Å²) in [6.45, 7) is 2.86. The molecule has 0 bridgehead atoms. The number of rotatable bonds is 6. The molecule has 2 aromatic carbocycles. The molecule has 0 radical (unpaired) electrons. The Bertz CT molecular complexity index is 1240. The number of hydrogen-bond acceptors (Lipinski definition) is 2. The lowest BCUT2D eigenvalue weighted by molar-refractivity contribution is -0.115. The molecular formula is C30H38Cl3N3O. The van der Waals surface area contributed by atoms with Crippen molar-refractivity contribution >= 4 is 58.1 Å². The first kappa shape index (κ1) is 28.3. The molecule has 4 nitrogen and oxygen atoms in total. The number of nitrogens with zero attached hydrogens (tertiary/aromatic N) is 1. The average molecular weight is 563 g/mol. The van der Waals surface area contributed by atoms with Crippen LogP contribution in [0.2, 0.25) is 10.0 Å². The maximum absolute atomic E-state index is 12.5. The number of carbonyl (C=O) groups is 1. The van der Waals surface area contributed by atoms with Gasteiger partial charge in [-0.1, -0.05) is 67.6 Å². The maximum Gasteiger partial charge on any atom is 0.224 e. The molecule has 1 heterocycles.